The number of hydrogen-bond acceptors (Lipinski definition) is 4. The monoisotopic (exact) mass is 271 g/mol. The molecule has 1 saturated heterocycles. The van der Waals surface area contributed by atoms with Gasteiger partial charge in [-0.05, 0) is 25.8 Å². The number of aromatic nitrogens is 4. The normalized spacial score (nSPS) is 19.1. The van der Waals surface area contributed by atoms with Crippen LogP contribution in [0.4, 0.5) is 0 Å². The first-order valence-corrected chi connectivity index (χ1v) is 6.80. The van der Waals surface area contributed by atoms with Crippen molar-refractivity contribution in [2.24, 2.45) is 0 Å². The molecule has 0 radical (unpaired) electrons. The Hall–Kier alpha value is -2.24. The van der Waals surface area contributed by atoms with Crippen molar-refractivity contribution >= 4 is 5.91 Å². The standard InChI is InChI=1S/C14H17N5O/c1-11-13(8-15-10-16-11)14(20)18-6-2-4-12(9-18)19-7-3-5-17-19/h3,5,7-8,10,12H,2,4,6,9H2,1H3/t12-/m0/s1. The Labute approximate surface area is 117 Å². The Balaban J connectivity index is 1.77. The lowest BCUT2D eigenvalue weighted by molar-refractivity contribution is 0.0671. The first kappa shape index (κ1) is 12.8. The predicted molar refractivity (Wildman–Crippen MR) is 73.2 cm³/mol. The molecule has 0 unspecified atom stereocenters. The number of aryl methyl sites for hydroxylation is 1. The Morgan fingerprint density at radius 2 is 2.35 bits per heavy atom. The molecule has 0 aliphatic carbocycles. The summed E-state index contributed by atoms with van der Waals surface area (Å²) in [6, 6.07) is 2.17. The quantitative estimate of drug-likeness (QED) is 0.829. The second-order valence-electron chi connectivity index (χ2n) is 5.06. The van der Waals surface area contributed by atoms with Crippen LogP contribution >= 0.6 is 0 Å². The summed E-state index contributed by atoms with van der Waals surface area (Å²) in [4.78, 5) is 22.5. The number of rotatable bonds is 2. The third-order valence-corrected chi connectivity index (χ3v) is 3.72. The van der Waals surface area contributed by atoms with E-state index in [1.807, 2.05) is 28.8 Å². The van der Waals surface area contributed by atoms with Crippen LogP contribution in [0.2, 0.25) is 0 Å². The Morgan fingerprint density at radius 1 is 1.45 bits per heavy atom. The summed E-state index contributed by atoms with van der Waals surface area (Å²) in [5, 5.41) is 4.28. The maximum Gasteiger partial charge on any atom is 0.257 e. The number of hydrogen-bond donors (Lipinski definition) is 0. The molecule has 0 aromatic carbocycles. The van der Waals surface area contributed by atoms with Crippen LogP contribution in [0.1, 0.15) is 34.9 Å². The highest BCUT2D eigenvalue weighted by Gasteiger charge is 2.26. The molecule has 1 aliphatic heterocycles. The molecule has 1 atom stereocenters. The maximum absolute atomic E-state index is 12.6. The second kappa shape index (κ2) is 5.40. The van der Waals surface area contributed by atoms with Crippen LogP contribution in [-0.2, 0) is 0 Å². The van der Waals surface area contributed by atoms with Crippen LogP contribution in [0.25, 0.3) is 0 Å². The average Bonchev–Trinajstić information content (AvgIpc) is 3.01. The molecule has 20 heavy (non-hydrogen) atoms. The van der Waals surface area contributed by atoms with E-state index in [4.69, 9.17) is 0 Å². The van der Waals surface area contributed by atoms with E-state index in [2.05, 4.69) is 15.1 Å². The van der Waals surface area contributed by atoms with Gasteiger partial charge in [0.05, 0.1) is 17.3 Å². The highest BCUT2D eigenvalue weighted by molar-refractivity contribution is 5.94. The minimum Gasteiger partial charge on any atom is -0.336 e. The molecule has 0 bridgehead atoms. The number of piperidine rings is 1. The number of carbonyl (C=O) groups is 1. The lowest BCUT2D eigenvalue weighted by atomic mass is 10.0. The molecule has 2 aromatic rings. The van der Waals surface area contributed by atoms with Crippen LogP contribution in [-0.4, -0.2) is 43.6 Å². The molecule has 6 heteroatoms. The summed E-state index contributed by atoms with van der Waals surface area (Å²) in [7, 11) is 0. The van der Waals surface area contributed by atoms with Gasteiger partial charge in [0, 0.05) is 31.7 Å². The summed E-state index contributed by atoms with van der Waals surface area (Å²) in [5.41, 5.74) is 1.32. The van der Waals surface area contributed by atoms with E-state index in [0.717, 1.165) is 25.1 Å². The Morgan fingerprint density at radius 3 is 3.10 bits per heavy atom. The van der Waals surface area contributed by atoms with E-state index < -0.39 is 0 Å². The van der Waals surface area contributed by atoms with Crippen LogP contribution in [0, 0.1) is 6.92 Å². The van der Waals surface area contributed by atoms with E-state index in [1.165, 1.54) is 6.33 Å². The van der Waals surface area contributed by atoms with E-state index in [-0.39, 0.29) is 11.9 Å². The molecule has 6 nitrogen and oxygen atoms in total. The highest BCUT2D eigenvalue weighted by Crippen LogP contribution is 2.22. The fourth-order valence-electron chi connectivity index (χ4n) is 2.62. The van der Waals surface area contributed by atoms with Gasteiger partial charge in [0.25, 0.3) is 5.91 Å². The van der Waals surface area contributed by atoms with Crippen molar-refractivity contribution in [2.45, 2.75) is 25.8 Å². The molecule has 1 aliphatic rings. The van der Waals surface area contributed by atoms with Gasteiger partial charge >= 0.3 is 0 Å². The molecule has 0 spiro atoms. The smallest absolute Gasteiger partial charge is 0.257 e. The van der Waals surface area contributed by atoms with Gasteiger partial charge in [-0.25, -0.2) is 9.97 Å². The molecule has 2 aromatic heterocycles. The molecule has 0 N–H and O–H groups in total. The molecular weight excluding hydrogens is 254 g/mol. The fraction of sp³-hybridized carbons (Fsp3) is 0.429. The molecule has 3 heterocycles. The largest absolute Gasteiger partial charge is 0.336 e. The lowest BCUT2D eigenvalue weighted by Gasteiger charge is -2.33. The Bertz CT molecular complexity index is 595. The molecule has 1 fully saturated rings. The first-order valence-electron chi connectivity index (χ1n) is 6.80. The number of amides is 1. The summed E-state index contributed by atoms with van der Waals surface area (Å²) in [6.07, 6.45) is 8.83. The zero-order valence-corrected chi connectivity index (χ0v) is 11.4. The molecule has 1 amide bonds. The number of carbonyl (C=O) groups excluding carboxylic acids is 1. The van der Waals surface area contributed by atoms with Crippen molar-refractivity contribution in [1.82, 2.24) is 24.6 Å². The summed E-state index contributed by atoms with van der Waals surface area (Å²) in [6.45, 7) is 3.31. The van der Waals surface area contributed by atoms with E-state index in [0.29, 0.717) is 12.1 Å². The van der Waals surface area contributed by atoms with Crippen molar-refractivity contribution in [2.75, 3.05) is 13.1 Å². The molecule has 0 saturated carbocycles. The van der Waals surface area contributed by atoms with E-state index in [1.54, 1.807) is 12.4 Å². The highest BCUT2D eigenvalue weighted by atomic mass is 16.2. The van der Waals surface area contributed by atoms with Crippen molar-refractivity contribution in [1.29, 1.82) is 0 Å². The molecular formula is C14H17N5O. The minimum absolute atomic E-state index is 0.0138. The van der Waals surface area contributed by atoms with Crippen molar-refractivity contribution in [3.05, 3.63) is 42.2 Å². The van der Waals surface area contributed by atoms with Crippen LogP contribution in [0.3, 0.4) is 0 Å². The SMILES string of the molecule is Cc1ncncc1C(=O)N1CCC[C@H](n2cccn2)C1. The predicted octanol–water partition coefficient (Wildman–Crippen LogP) is 1.46. The van der Waals surface area contributed by atoms with Crippen molar-refractivity contribution in [3.63, 3.8) is 0 Å². The van der Waals surface area contributed by atoms with Gasteiger partial charge in [-0.3, -0.25) is 9.48 Å². The Kier molecular flexibility index (Phi) is 3.45. The summed E-state index contributed by atoms with van der Waals surface area (Å²) in [5.74, 6) is 0.0138. The van der Waals surface area contributed by atoms with Gasteiger partial charge in [0.15, 0.2) is 0 Å². The summed E-state index contributed by atoms with van der Waals surface area (Å²) < 4.78 is 1.94. The second-order valence-corrected chi connectivity index (χ2v) is 5.06. The van der Waals surface area contributed by atoms with Gasteiger partial charge in [-0.1, -0.05) is 0 Å². The van der Waals surface area contributed by atoms with Crippen LogP contribution in [0.15, 0.2) is 31.0 Å². The number of likely N-dealkylation sites (tertiary alicyclic amines) is 1. The topological polar surface area (TPSA) is 63.9 Å². The van der Waals surface area contributed by atoms with E-state index in [9.17, 15) is 4.79 Å². The summed E-state index contributed by atoms with van der Waals surface area (Å²) >= 11 is 0. The minimum atomic E-state index is 0.0138. The average molecular weight is 271 g/mol. The van der Waals surface area contributed by atoms with Gasteiger partial charge in [0.1, 0.15) is 6.33 Å². The zero-order valence-electron chi connectivity index (χ0n) is 11.4. The third-order valence-electron chi connectivity index (χ3n) is 3.72. The van der Waals surface area contributed by atoms with E-state index >= 15 is 0 Å². The van der Waals surface area contributed by atoms with Gasteiger partial charge in [-0.15, -0.1) is 0 Å². The fourth-order valence-corrected chi connectivity index (χ4v) is 2.62. The van der Waals surface area contributed by atoms with Crippen LogP contribution in [0.5, 0.6) is 0 Å². The lowest BCUT2D eigenvalue weighted by Crippen LogP contribution is -2.41. The third kappa shape index (κ3) is 2.41. The zero-order chi connectivity index (χ0) is 13.9. The molecule has 3 rings (SSSR count). The van der Waals surface area contributed by atoms with Gasteiger partial charge < -0.3 is 4.90 Å². The van der Waals surface area contributed by atoms with Crippen molar-refractivity contribution in [3.8, 4) is 0 Å². The van der Waals surface area contributed by atoms with Gasteiger partial charge in [-0.2, -0.15) is 5.10 Å². The molecule has 104 valence electrons. The van der Waals surface area contributed by atoms with Crippen LogP contribution < -0.4 is 0 Å². The van der Waals surface area contributed by atoms with Crippen molar-refractivity contribution < 1.29 is 4.79 Å². The number of nitrogens with zero attached hydrogens (tertiary/aromatic N) is 5. The first-order chi connectivity index (χ1) is 9.75. The van der Waals surface area contributed by atoms with Gasteiger partial charge in [0.2, 0.25) is 0 Å². The maximum atomic E-state index is 12.6.